The highest BCUT2D eigenvalue weighted by Gasteiger charge is 2.09. The Balaban J connectivity index is 1.60. The van der Waals surface area contributed by atoms with Crippen LogP contribution in [0.15, 0.2) is 67.0 Å². The van der Waals surface area contributed by atoms with Crippen LogP contribution >= 0.6 is 11.6 Å². The number of nitrogens with one attached hydrogen (secondary N) is 2. The van der Waals surface area contributed by atoms with Crippen molar-refractivity contribution in [1.82, 2.24) is 4.98 Å². The number of amides is 1. The lowest BCUT2D eigenvalue weighted by Gasteiger charge is -2.10. The Bertz CT molecular complexity index is 916. The number of carbonyl (C=O) groups excluding carboxylic acids is 1. The highest BCUT2D eigenvalue weighted by Crippen LogP contribution is 2.27. The summed E-state index contributed by atoms with van der Waals surface area (Å²) in [5.41, 5.74) is 3.11. The maximum atomic E-state index is 12.5. The topological polar surface area (TPSA) is 63.2 Å². The van der Waals surface area contributed by atoms with E-state index >= 15 is 0 Å². The first-order valence-electron chi connectivity index (χ1n) is 8.53. The summed E-state index contributed by atoms with van der Waals surface area (Å²) in [4.78, 5) is 16.6. The van der Waals surface area contributed by atoms with E-state index in [-0.39, 0.29) is 5.91 Å². The van der Waals surface area contributed by atoms with Gasteiger partial charge in [0.1, 0.15) is 5.75 Å². The number of nitrogens with zero attached hydrogens (tertiary/aromatic N) is 1. The minimum atomic E-state index is -0.254. The summed E-state index contributed by atoms with van der Waals surface area (Å²) in [6, 6.07) is 17.1. The molecule has 0 aliphatic rings. The van der Waals surface area contributed by atoms with Gasteiger partial charge in [0.05, 0.1) is 23.4 Å². The molecule has 0 fully saturated rings. The molecule has 3 aromatic rings. The lowest BCUT2D eigenvalue weighted by molar-refractivity contribution is 0.102. The molecule has 0 radical (unpaired) electrons. The van der Waals surface area contributed by atoms with Gasteiger partial charge in [-0.2, -0.15) is 0 Å². The molecule has 0 aliphatic carbocycles. The summed E-state index contributed by atoms with van der Waals surface area (Å²) in [7, 11) is 1.54. The molecule has 27 heavy (non-hydrogen) atoms. The van der Waals surface area contributed by atoms with Gasteiger partial charge in [-0.25, -0.2) is 0 Å². The summed E-state index contributed by atoms with van der Waals surface area (Å²) in [5, 5.41) is 6.54. The number of rotatable bonds is 7. The minimum absolute atomic E-state index is 0.254. The Morgan fingerprint density at radius 1 is 1.07 bits per heavy atom. The molecule has 0 aliphatic heterocycles. The van der Waals surface area contributed by atoms with Crippen LogP contribution in [-0.4, -0.2) is 24.5 Å². The zero-order chi connectivity index (χ0) is 19.1. The summed E-state index contributed by atoms with van der Waals surface area (Å²) in [6.45, 7) is 0.755. The number of ether oxygens (including phenoxy) is 1. The van der Waals surface area contributed by atoms with Crippen LogP contribution in [0.4, 0.5) is 11.4 Å². The lowest BCUT2D eigenvalue weighted by atomic mass is 10.1. The first-order chi connectivity index (χ1) is 13.2. The van der Waals surface area contributed by atoms with Gasteiger partial charge >= 0.3 is 0 Å². The number of hydrogen-bond donors (Lipinski definition) is 2. The Morgan fingerprint density at radius 3 is 2.63 bits per heavy atom. The van der Waals surface area contributed by atoms with Gasteiger partial charge in [-0.1, -0.05) is 41.9 Å². The number of aromatic nitrogens is 1. The number of halogens is 1. The van der Waals surface area contributed by atoms with Crippen molar-refractivity contribution < 1.29 is 9.53 Å². The van der Waals surface area contributed by atoms with Crippen molar-refractivity contribution in [2.45, 2.75) is 6.42 Å². The van der Waals surface area contributed by atoms with Crippen molar-refractivity contribution in [2.24, 2.45) is 0 Å². The van der Waals surface area contributed by atoms with Crippen LogP contribution in [0, 0.1) is 0 Å². The zero-order valence-electron chi connectivity index (χ0n) is 14.9. The van der Waals surface area contributed by atoms with Gasteiger partial charge in [-0.3, -0.25) is 9.78 Å². The average molecular weight is 382 g/mol. The third kappa shape index (κ3) is 5.21. The molecule has 6 heteroatoms. The van der Waals surface area contributed by atoms with Crippen LogP contribution < -0.4 is 15.4 Å². The third-order valence-electron chi connectivity index (χ3n) is 4.00. The molecule has 1 amide bonds. The molecule has 0 atom stereocenters. The molecule has 3 rings (SSSR count). The van der Waals surface area contributed by atoms with Crippen molar-refractivity contribution in [3.8, 4) is 5.75 Å². The molecule has 0 bridgehead atoms. The van der Waals surface area contributed by atoms with Gasteiger partial charge < -0.3 is 15.4 Å². The van der Waals surface area contributed by atoms with Gasteiger partial charge in [0, 0.05) is 24.6 Å². The number of hydrogen-bond acceptors (Lipinski definition) is 4. The van der Waals surface area contributed by atoms with Crippen molar-refractivity contribution in [3.63, 3.8) is 0 Å². The van der Waals surface area contributed by atoms with Crippen molar-refractivity contribution in [3.05, 3.63) is 83.1 Å². The van der Waals surface area contributed by atoms with Crippen LogP contribution in [-0.2, 0) is 6.42 Å². The molecule has 0 saturated heterocycles. The molecule has 5 nitrogen and oxygen atoms in total. The smallest absolute Gasteiger partial charge is 0.257 e. The van der Waals surface area contributed by atoms with Crippen LogP contribution in [0.5, 0.6) is 5.75 Å². The number of methoxy groups -OCH3 is 1. The minimum Gasteiger partial charge on any atom is -0.495 e. The van der Waals surface area contributed by atoms with Crippen LogP contribution in [0.1, 0.15) is 15.9 Å². The summed E-state index contributed by atoms with van der Waals surface area (Å²) < 4.78 is 5.11. The van der Waals surface area contributed by atoms with E-state index in [4.69, 9.17) is 16.3 Å². The molecular formula is C21H20ClN3O2. The molecule has 0 unspecified atom stereocenters. The fraction of sp³-hybridized carbons (Fsp3) is 0.143. The van der Waals surface area contributed by atoms with E-state index in [1.54, 1.807) is 37.6 Å². The predicted octanol–water partition coefficient (Wildman–Crippen LogP) is 4.65. The highest BCUT2D eigenvalue weighted by molar-refractivity contribution is 6.32. The zero-order valence-corrected chi connectivity index (χ0v) is 15.7. The number of carbonyl (C=O) groups is 1. The van der Waals surface area contributed by atoms with E-state index in [1.165, 1.54) is 11.8 Å². The molecule has 0 saturated carbocycles. The predicted molar refractivity (Wildman–Crippen MR) is 109 cm³/mol. The second-order valence-corrected chi connectivity index (χ2v) is 6.34. The molecule has 2 N–H and O–H groups in total. The number of benzene rings is 2. The monoisotopic (exact) mass is 381 g/mol. The van der Waals surface area contributed by atoms with Crippen LogP contribution in [0.2, 0.25) is 5.02 Å². The Morgan fingerprint density at radius 2 is 1.89 bits per heavy atom. The van der Waals surface area contributed by atoms with Crippen molar-refractivity contribution in [1.29, 1.82) is 0 Å². The maximum absolute atomic E-state index is 12.5. The second kappa shape index (κ2) is 9.05. The van der Waals surface area contributed by atoms with Crippen molar-refractivity contribution in [2.75, 3.05) is 24.3 Å². The summed E-state index contributed by atoms with van der Waals surface area (Å²) in [6.07, 6.45) is 4.12. The van der Waals surface area contributed by atoms with E-state index in [0.717, 1.165) is 18.7 Å². The Hall–Kier alpha value is -3.05. The first-order valence-corrected chi connectivity index (χ1v) is 8.91. The normalized spacial score (nSPS) is 10.3. The highest BCUT2D eigenvalue weighted by atomic mass is 35.5. The van der Waals surface area contributed by atoms with Crippen molar-refractivity contribution >= 4 is 28.9 Å². The molecule has 1 aromatic heterocycles. The molecule has 0 spiro atoms. The van der Waals surface area contributed by atoms with E-state index < -0.39 is 0 Å². The largest absolute Gasteiger partial charge is 0.495 e. The van der Waals surface area contributed by atoms with Crippen LogP contribution in [0.3, 0.4) is 0 Å². The second-order valence-electron chi connectivity index (χ2n) is 5.93. The van der Waals surface area contributed by atoms with E-state index in [2.05, 4.69) is 27.8 Å². The number of pyridine rings is 1. The molecule has 1 heterocycles. The van der Waals surface area contributed by atoms with Gasteiger partial charge in [0.2, 0.25) is 0 Å². The quantitative estimate of drug-likeness (QED) is 0.625. The molecule has 2 aromatic carbocycles. The molecule has 138 valence electrons. The van der Waals surface area contributed by atoms with Gasteiger partial charge in [0.15, 0.2) is 0 Å². The average Bonchev–Trinajstić information content (AvgIpc) is 2.69. The first kappa shape index (κ1) is 18.7. The standard InChI is InChI=1S/C21H20ClN3O2/c1-27-20-8-7-17(12-19(20)22)25-21(26)16-11-18(14-23-13-16)24-10-9-15-5-3-2-4-6-15/h2-8,11-14,24H,9-10H2,1H3,(H,25,26). The van der Waals surface area contributed by atoms with E-state index in [0.29, 0.717) is 22.0 Å². The number of anilines is 2. The van der Waals surface area contributed by atoms with Gasteiger partial charge in [-0.05, 0) is 36.2 Å². The summed E-state index contributed by atoms with van der Waals surface area (Å²) >= 11 is 6.09. The third-order valence-corrected chi connectivity index (χ3v) is 4.29. The van der Waals surface area contributed by atoms with Crippen LogP contribution in [0.25, 0.3) is 0 Å². The van der Waals surface area contributed by atoms with E-state index in [9.17, 15) is 4.79 Å². The fourth-order valence-corrected chi connectivity index (χ4v) is 2.86. The van der Waals surface area contributed by atoms with Gasteiger partial charge in [-0.15, -0.1) is 0 Å². The summed E-state index contributed by atoms with van der Waals surface area (Å²) in [5.74, 6) is 0.302. The lowest BCUT2D eigenvalue weighted by Crippen LogP contribution is -2.13. The SMILES string of the molecule is COc1ccc(NC(=O)c2cncc(NCCc3ccccc3)c2)cc1Cl. The Kier molecular flexibility index (Phi) is 6.28. The Labute approximate surface area is 163 Å². The molecular weight excluding hydrogens is 362 g/mol. The van der Waals surface area contributed by atoms with E-state index in [1.807, 2.05) is 18.2 Å². The maximum Gasteiger partial charge on any atom is 0.257 e. The van der Waals surface area contributed by atoms with Gasteiger partial charge in [0.25, 0.3) is 5.91 Å². The fourth-order valence-electron chi connectivity index (χ4n) is 2.60.